The van der Waals surface area contributed by atoms with Gasteiger partial charge in [0.1, 0.15) is 18.0 Å². The van der Waals surface area contributed by atoms with Crippen LogP contribution < -0.4 is 9.47 Å². The molecule has 21 heavy (non-hydrogen) atoms. The number of carboxylic acid groups (broad SMARTS) is 1. The fourth-order valence-electron chi connectivity index (χ4n) is 1.50. The summed E-state index contributed by atoms with van der Waals surface area (Å²) < 4.78 is 10.3. The number of hydrogen-bond acceptors (Lipinski definition) is 7. The van der Waals surface area contributed by atoms with E-state index in [9.17, 15) is 14.9 Å². The highest BCUT2D eigenvalue weighted by Crippen LogP contribution is 2.33. The van der Waals surface area contributed by atoms with Gasteiger partial charge >= 0.3 is 17.7 Å². The predicted octanol–water partition coefficient (Wildman–Crippen LogP) is 1.88. The van der Waals surface area contributed by atoms with Crippen LogP contribution in [0.2, 0.25) is 0 Å². The summed E-state index contributed by atoms with van der Waals surface area (Å²) in [6.07, 6.45) is 1.91. The van der Waals surface area contributed by atoms with Gasteiger partial charge in [0.2, 0.25) is 0 Å². The highest BCUT2D eigenvalue weighted by molar-refractivity contribution is 5.92. The van der Waals surface area contributed by atoms with Crippen LogP contribution in [-0.4, -0.2) is 33.1 Å². The van der Waals surface area contributed by atoms with E-state index in [0.717, 1.165) is 12.4 Å². The molecule has 9 heteroatoms. The van der Waals surface area contributed by atoms with Crippen molar-refractivity contribution in [1.29, 1.82) is 0 Å². The molecule has 2 rings (SSSR count). The summed E-state index contributed by atoms with van der Waals surface area (Å²) in [5.74, 6) is -1.12. The zero-order valence-electron chi connectivity index (χ0n) is 10.7. The third-order valence-electron chi connectivity index (χ3n) is 2.45. The van der Waals surface area contributed by atoms with Gasteiger partial charge in [0.05, 0.1) is 12.0 Å². The van der Waals surface area contributed by atoms with Gasteiger partial charge in [0.25, 0.3) is 0 Å². The summed E-state index contributed by atoms with van der Waals surface area (Å²) in [7, 11) is 1.35. The highest BCUT2D eigenvalue weighted by atomic mass is 16.6. The minimum absolute atomic E-state index is 0.0821. The lowest BCUT2D eigenvalue weighted by molar-refractivity contribution is -0.385. The molecule has 0 spiro atoms. The molecule has 0 saturated carbocycles. The molecule has 0 aliphatic heterocycles. The standard InChI is InChI=1S/C12H9N3O6/c1-20-9-4-2-3-8(11(16)17)10(9)21-12-13-5-7(6-14-12)15(18)19/h2-6H,1H3,(H,16,17). The number of aromatic nitrogens is 2. The number of hydrogen-bond donors (Lipinski definition) is 1. The van der Waals surface area contributed by atoms with E-state index in [0.29, 0.717) is 0 Å². The van der Waals surface area contributed by atoms with Crippen molar-refractivity contribution in [2.45, 2.75) is 0 Å². The molecule has 0 atom stereocenters. The molecule has 1 aromatic carbocycles. The summed E-state index contributed by atoms with van der Waals surface area (Å²) in [5.41, 5.74) is -0.447. The lowest BCUT2D eigenvalue weighted by Crippen LogP contribution is -2.03. The molecule has 2 aromatic rings. The maximum absolute atomic E-state index is 11.2. The molecule has 9 nitrogen and oxygen atoms in total. The van der Waals surface area contributed by atoms with Crippen molar-refractivity contribution in [2.24, 2.45) is 0 Å². The number of carbonyl (C=O) groups is 1. The summed E-state index contributed by atoms with van der Waals surface area (Å²) >= 11 is 0. The number of rotatable bonds is 5. The number of carboxylic acids is 1. The zero-order chi connectivity index (χ0) is 15.4. The normalized spacial score (nSPS) is 9.95. The number of para-hydroxylation sites is 1. The van der Waals surface area contributed by atoms with Gasteiger partial charge in [-0.2, -0.15) is 9.97 Å². The second kappa shape index (κ2) is 5.82. The Morgan fingerprint density at radius 1 is 1.33 bits per heavy atom. The lowest BCUT2D eigenvalue weighted by atomic mass is 10.2. The van der Waals surface area contributed by atoms with E-state index in [1.165, 1.54) is 25.3 Å². The Morgan fingerprint density at radius 2 is 2.00 bits per heavy atom. The fourth-order valence-corrected chi connectivity index (χ4v) is 1.50. The van der Waals surface area contributed by atoms with Gasteiger partial charge in [-0.15, -0.1) is 0 Å². The average Bonchev–Trinajstić information content (AvgIpc) is 2.47. The Kier molecular flexibility index (Phi) is 3.93. The first-order valence-corrected chi connectivity index (χ1v) is 5.57. The van der Waals surface area contributed by atoms with Crippen LogP contribution >= 0.6 is 0 Å². The molecule has 1 N–H and O–H groups in total. The van der Waals surface area contributed by atoms with Crippen LogP contribution in [0.15, 0.2) is 30.6 Å². The maximum Gasteiger partial charge on any atom is 0.339 e. The molecule has 0 fully saturated rings. The van der Waals surface area contributed by atoms with Crippen LogP contribution in [0.5, 0.6) is 17.5 Å². The molecule has 0 aliphatic rings. The Hall–Kier alpha value is -3.23. The fraction of sp³-hybridized carbons (Fsp3) is 0.0833. The van der Waals surface area contributed by atoms with Gasteiger partial charge in [-0.05, 0) is 12.1 Å². The van der Waals surface area contributed by atoms with E-state index >= 15 is 0 Å². The SMILES string of the molecule is COc1cccc(C(=O)O)c1Oc1ncc([N+](=O)[O-])cn1. The maximum atomic E-state index is 11.2. The number of aromatic carboxylic acids is 1. The molecule has 108 valence electrons. The quantitative estimate of drug-likeness (QED) is 0.653. The predicted molar refractivity (Wildman–Crippen MR) is 68.7 cm³/mol. The highest BCUT2D eigenvalue weighted by Gasteiger charge is 2.18. The summed E-state index contributed by atoms with van der Waals surface area (Å²) in [6, 6.07) is 4.09. The minimum Gasteiger partial charge on any atom is -0.493 e. The lowest BCUT2D eigenvalue weighted by Gasteiger charge is -2.10. The van der Waals surface area contributed by atoms with Crippen LogP contribution in [0, 0.1) is 10.1 Å². The Labute approximate surface area is 117 Å². The van der Waals surface area contributed by atoms with E-state index < -0.39 is 10.9 Å². The Bertz CT molecular complexity index is 686. The van der Waals surface area contributed by atoms with Crippen molar-refractivity contribution in [1.82, 2.24) is 9.97 Å². The van der Waals surface area contributed by atoms with E-state index in [1.54, 1.807) is 0 Å². The van der Waals surface area contributed by atoms with Crippen molar-refractivity contribution in [3.05, 3.63) is 46.3 Å². The zero-order valence-corrected chi connectivity index (χ0v) is 10.7. The van der Waals surface area contributed by atoms with Gasteiger partial charge in [-0.1, -0.05) is 6.07 Å². The third-order valence-corrected chi connectivity index (χ3v) is 2.45. The van der Waals surface area contributed by atoms with Crippen molar-refractivity contribution >= 4 is 11.7 Å². The first-order chi connectivity index (χ1) is 10.0. The van der Waals surface area contributed by atoms with Crippen LogP contribution in [0.4, 0.5) is 5.69 Å². The minimum atomic E-state index is -1.22. The number of ether oxygens (including phenoxy) is 2. The third kappa shape index (κ3) is 3.03. The van der Waals surface area contributed by atoms with Gasteiger partial charge in [-0.25, -0.2) is 4.79 Å². The molecule has 0 radical (unpaired) electrons. The first kappa shape index (κ1) is 14.2. The second-order valence-corrected chi connectivity index (χ2v) is 3.73. The van der Waals surface area contributed by atoms with Crippen molar-refractivity contribution in [2.75, 3.05) is 7.11 Å². The van der Waals surface area contributed by atoms with Crippen molar-refractivity contribution < 1.29 is 24.3 Å². The summed E-state index contributed by atoms with van der Waals surface area (Å²) in [4.78, 5) is 28.3. The molecule has 1 aromatic heterocycles. The Morgan fingerprint density at radius 3 is 2.52 bits per heavy atom. The van der Waals surface area contributed by atoms with Crippen LogP contribution in [-0.2, 0) is 0 Å². The number of benzene rings is 1. The molecule has 0 unspecified atom stereocenters. The topological polar surface area (TPSA) is 125 Å². The largest absolute Gasteiger partial charge is 0.493 e. The average molecular weight is 291 g/mol. The van der Waals surface area contributed by atoms with Crippen LogP contribution in [0.3, 0.4) is 0 Å². The monoisotopic (exact) mass is 291 g/mol. The molecule has 0 amide bonds. The molecular weight excluding hydrogens is 282 g/mol. The van der Waals surface area contributed by atoms with E-state index in [2.05, 4.69) is 9.97 Å². The summed E-state index contributed by atoms with van der Waals surface area (Å²) in [5, 5.41) is 19.6. The first-order valence-electron chi connectivity index (χ1n) is 5.57. The molecular formula is C12H9N3O6. The van der Waals surface area contributed by atoms with Crippen molar-refractivity contribution in [3.8, 4) is 17.5 Å². The van der Waals surface area contributed by atoms with Gasteiger partial charge in [0, 0.05) is 0 Å². The van der Waals surface area contributed by atoms with Crippen LogP contribution in [0.25, 0.3) is 0 Å². The smallest absolute Gasteiger partial charge is 0.339 e. The van der Waals surface area contributed by atoms with Gasteiger partial charge < -0.3 is 14.6 Å². The van der Waals surface area contributed by atoms with Crippen LogP contribution in [0.1, 0.15) is 10.4 Å². The van der Waals surface area contributed by atoms with E-state index in [-0.39, 0.29) is 28.8 Å². The van der Waals surface area contributed by atoms with E-state index in [4.69, 9.17) is 14.6 Å². The Balaban J connectivity index is 2.38. The summed E-state index contributed by atoms with van der Waals surface area (Å²) in [6.45, 7) is 0. The number of nitrogens with zero attached hydrogens (tertiary/aromatic N) is 3. The van der Waals surface area contributed by atoms with E-state index in [1.807, 2.05) is 0 Å². The molecule has 1 heterocycles. The van der Waals surface area contributed by atoms with Crippen molar-refractivity contribution in [3.63, 3.8) is 0 Å². The number of nitro groups is 1. The van der Waals surface area contributed by atoms with Gasteiger partial charge in [-0.3, -0.25) is 10.1 Å². The van der Waals surface area contributed by atoms with Gasteiger partial charge in [0.15, 0.2) is 11.5 Å². The molecule has 0 bridgehead atoms. The molecule has 0 aliphatic carbocycles. The molecule has 0 saturated heterocycles. The second-order valence-electron chi connectivity index (χ2n) is 3.73. The number of methoxy groups -OCH3 is 1.